The van der Waals surface area contributed by atoms with Gasteiger partial charge >= 0.3 is 6.18 Å². The van der Waals surface area contributed by atoms with Crippen LogP contribution in [0.25, 0.3) is 0 Å². The first-order valence-corrected chi connectivity index (χ1v) is 10.1. The molecule has 0 unspecified atom stereocenters. The lowest BCUT2D eigenvalue weighted by Crippen LogP contribution is -2.42. The number of benzene rings is 1. The van der Waals surface area contributed by atoms with E-state index in [1.165, 1.54) is 12.1 Å². The highest BCUT2D eigenvalue weighted by atomic mass is 19.4. The number of nitrogens with two attached hydrogens (primary N) is 1. The summed E-state index contributed by atoms with van der Waals surface area (Å²) in [6.07, 6.45) is -0.502. The molecule has 32 heavy (non-hydrogen) atoms. The summed E-state index contributed by atoms with van der Waals surface area (Å²) in [4.78, 5) is 19.2. The predicted molar refractivity (Wildman–Crippen MR) is 113 cm³/mol. The van der Waals surface area contributed by atoms with Gasteiger partial charge in [0.15, 0.2) is 5.78 Å². The van der Waals surface area contributed by atoms with Crippen molar-refractivity contribution in [2.75, 3.05) is 4.90 Å². The van der Waals surface area contributed by atoms with Crippen LogP contribution in [-0.4, -0.2) is 10.8 Å². The Labute approximate surface area is 183 Å². The van der Waals surface area contributed by atoms with E-state index in [0.29, 0.717) is 28.9 Å². The number of halogens is 3. The van der Waals surface area contributed by atoms with Crippen molar-refractivity contribution in [3.05, 3.63) is 82.6 Å². The van der Waals surface area contributed by atoms with Crippen molar-refractivity contribution in [2.45, 2.75) is 38.8 Å². The van der Waals surface area contributed by atoms with Gasteiger partial charge < -0.3 is 5.73 Å². The summed E-state index contributed by atoms with van der Waals surface area (Å²) >= 11 is 0. The van der Waals surface area contributed by atoms with Crippen LogP contribution in [0, 0.1) is 16.7 Å². The van der Waals surface area contributed by atoms with E-state index in [2.05, 4.69) is 11.1 Å². The number of hydrogen-bond acceptors (Lipinski definition) is 5. The first-order chi connectivity index (χ1) is 15.0. The van der Waals surface area contributed by atoms with E-state index in [1.807, 2.05) is 13.8 Å². The van der Waals surface area contributed by atoms with Gasteiger partial charge in [-0.15, -0.1) is 0 Å². The first-order valence-electron chi connectivity index (χ1n) is 10.1. The van der Waals surface area contributed by atoms with Crippen molar-refractivity contribution < 1.29 is 18.0 Å². The number of nitrogens with zero attached hydrogens (tertiary/aromatic N) is 3. The Morgan fingerprint density at radius 1 is 1.19 bits per heavy atom. The number of rotatable bonds is 2. The Morgan fingerprint density at radius 2 is 1.88 bits per heavy atom. The second-order valence-corrected chi connectivity index (χ2v) is 8.81. The normalized spacial score (nSPS) is 20.8. The van der Waals surface area contributed by atoms with E-state index in [0.717, 1.165) is 12.1 Å². The Balaban J connectivity index is 1.94. The fourth-order valence-electron chi connectivity index (χ4n) is 4.49. The van der Waals surface area contributed by atoms with E-state index < -0.39 is 17.7 Å². The van der Waals surface area contributed by atoms with Crippen LogP contribution >= 0.6 is 0 Å². The molecule has 1 aromatic carbocycles. The van der Waals surface area contributed by atoms with Gasteiger partial charge in [0.1, 0.15) is 5.82 Å². The zero-order chi connectivity index (χ0) is 23.3. The molecule has 4 rings (SSSR count). The molecule has 1 aliphatic carbocycles. The van der Waals surface area contributed by atoms with Crippen molar-refractivity contribution in [1.29, 1.82) is 5.26 Å². The number of carbonyl (C=O) groups excluding carboxylic acids is 1. The number of Topliss-reactive ketones (excluding diaryl/α,β-unsaturated/α-hetero) is 1. The average molecular weight is 438 g/mol. The van der Waals surface area contributed by atoms with Gasteiger partial charge in [-0.25, -0.2) is 0 Å². The minimum Gasteiger partial charge on any atom is -0.384 e. The van der Waals surface area contributed by atoms with Crippen LogP contribution in [0.2, 0.25) is 0 Å². The lowest BCUT2D eigenvalue weighted by molar-refractivity contribution is -0.137. The fourth-order valence-corrected chi connectivity index (χ4v) is 4.49. The van der Waals surface area contributed by atoms with E-state index in [9.17, 15) is 23.2 Å². The van der Waals surface area contributed by atoms with Crippen LogP contribution in [0.3, 0.4) is 0 Å². The van der Waals surface area contributed by atoms with Crippen LogP contribution in [0.15, 0.2) is 71.5 Å². The lowest BCUT2D eigenvalue weighted by atomic mass is 9.68. The van der Waals surface area contributed by atoms with Gasteiger partial charge in [0, 0.05) is 23.9 Å². The van der Waals surface area contributed by atoms with E-state index in [4.69, 9.17) is 5.73 Å². The Hall–Kier alpha value is -3.60. The summed E-state index contributed by atoms with van der Waals surface area (Å²) in [6, 6.07) is 10.2. The highest BCUT2D eigenvalue weighted by molar-refractivity contribution is 6.01. The van der Waals surface area contributed by atoms with Crippen LogP contribution in [0.5, 0.6) is 0 Å². The summed E-state index contributed by atoms with van der Waals surface area (Å²) in [5.74, 6) is -0.821. The van der Waals surface area contributed by atoms with Gasteiger partial charge in [0.05, 0.1) is 35.0 Å². The minimum absolute atomic E-state index is 0.125. The fraction of sp³-hybridized carbons (Fsp3) is 0.292. The SMILES string of the molecule is CC1(C)CC(=O)C2=C(C1)N(c1cccnc1)C(N)=C(C#N)[C@@H]2c1ccc(C(F)(F)F)cc1. The molecular weight excluding hydrogens is 417 g/mol. The number of carbonyl (C=O) groups is 1. The molecule has 164 valence electrons. The van der Waals surface area contributed by atoms with Gasteiger partial charge in [-0.05, 0) is 41.7 Å². The molecule has 2 N–H and O–H groups in total. The van der Waals surface area contributed by atoms with Crippen molar-refractivity contribution in [2.24, 2.45) is 11.1 Å². The molecular formula is C24H21F3N4O. The molecule has 8 heteroatoms. The van der Waals surface area contributed by atoms with Crippen molar-refractivity contribution >= 4 is 11.5 Å². The maximum Gasteiger partial charge on any atom is 0.416 e. The third-order valence-corrected chi connectivity index (χ3v) is 5.86. The van der Waals surface area contributed by atoms with E-state index in [1.54, 1.807) is 29.4 Å². The third-order valence-electron chi connectivity index (χ3n) is 5.86. The smallest absolute Gasteiger partial charge is 0.384 e. The van der Waals surface area contributed by atoms with Crippen LogP contribution in [-0.2, 0) is 11.0 Å². The van der Waals surface area contributed by atoms with Gasteiger partial charge in [0.25, 0.3) is 0 Å². The molecule has 1 aliphatic heterocycles. The molecule has 0 saturated heterocycles. The first kappa shape index (κ1) is 21.6. The molecule has 2 heterocycles. The lowest BCUT2D eigenvalue weighted by Gasteiger charge is -2.43. The van der Waals surface area contributed by atoms with Crippen molar-refractivity contribution in [3.63, 3.8) is 0 Å². The van der Waals surface area contributed by atoms with Gasteiger partial charge in [0.2, 0.25) is 0 Å². The van der Waals surface area contributed by atoms with Crippen LogP contribution in [0.1, 0.15) is 43.7 Å². The van der Waals surface area contributed by atoms with E-state index in [-0.39, 0.29) is 29.0 Å². The molecule has 0 saturated carbocycles. The quantitative estimate of drug-likeness (QED) is 0.710. The molecule has 0 fully saturated rings. The molecule has 1 aromatic heterocycles. The van der Waals surface area contributed by atoms with Crippen molar-refractivity contribution in [3.8, 4) is 6.07 Å². The topological polar surface area (TPSA) is 83.0 Å². The molecule has 0 radical (unpaired) electrons. The number of anilines is 1. The van der Waals surface area contributed by atoms with Gasteiger partial charge in [-0.2, -0.15) is 18.4 Å². The Kier molecular flexibility index (Phi) is 5.08. The van der Waals surface area contributed by atoms with Crippen LogP contribution < -0.4 is 10.6 Å². The molecule has 5 nitrogen and oxygen atoms in total. The predicted octanol–water partition coefficient (Wildman–Crippen LogP) is 5.04. The highest BCUT2D eigenvalue weighted by Crippen LogP contribution is 2.50. The second kappa shape index (κ2) is 7.52. The number of allylic oxidation sites excluding steroid dienone is 3. The number of hydrogen-bond donors (Lipinski definition) is 1. The standard InChI is InChI=1S/C24H21F3N4O/c1-23(2)10-18-21(19(32)11-23)20(14-5-7-15(8-6-14)24(25,26)27)17(12-28)22(29)31(18)16-4-3-9-30-13-16/h3-9,13,20H,10-11,29H2,1-2H3/t20-/m0/s1. The average Bonchev–Trinajstić information content (AvgIpc) is 2.72. The molecule has 0 bridgehead atoms. The Morgan fingerprint density at radius 3 is 2.44 bits per heavy atom. The zero-order valence-corrected chi connectivity index (χ0v) is 17.6. The molecule has 0 spiro atoms. The van der Waals surface area contributed by atoms with E-state index >= 15 is 0 Å². The molecule has 1 atom stereocenters. The summed E-state index contributed by atoms with van der Waals surface area (Å²) in [6.45, 7) is 3.95. The van der Waals surface area contributed by atoms with Crippen LogP contribution in [0.4, 0.5) is 18.9 Å². The molecule has 2 aromatic rings. The third kappa shape index (κ3) is 3.64. The second-order valence-electron chi connectivity index (χ2n) is 8.81. The number of ketones is 1. The zero-order valence-electron chi connectivity index (χ0n) is 17.6. The largest absolute Gasteiger partial charge is 0.416 e. The molecule has 2 aliphatic rings. The number of pyridine rings is 1. The highest BCUT2D eigenvalue weighted by Gasteiger charge is 2.45. The summed E-state index contributed by atoms with van der Waals surface area (Å²) in [5.41, 5.74) is 7.54. The van der Waals surface area contributed by atoms with Crippen molar-refractivity contribution in [1.82, 2.24) is 4.98 Å². The summed E-state index contributed by atoms with van der Waals surface area (Å²) in [7, 11) is 0. The molecule has 0 amide bonds. The number of nitriles is 1. The maximum absolute atomic E-state index is 13.3. The Bertz CT molecular complexity index is 1170. The number of aromatic nitrogens is 1. The monoisotopic (exact) mass is 438 g/mol. The van der Waals surface area contributed by atoms with Gasteiger partial charge in [-0.3, -0.25) is 14.7 Å². The summed E-state index contributed by atoms with van der Waals surface area (Å²) < 4.78 is 39.2. The van der Waals surface area contributed by atoms with Gasteiger partial charge in [-0.1, -0.05) is 26.0 Å². The summed E-state index contributed by atoms with van der Waals surface area (Å²) in [5, 5.41) is 9.98. The number of alkyl halides is 3. The minimum atomic E-state index is -4.48. The maximum atomic E-state index is 13.3.